The Bertz CT molecular complexity index is 789. The smallest absolute Gasteiger partial charge is 0.223 e. The Morgan fingerprint density at radius 1 is 1.17 bits per heavy atom. The number of fused-ring (bicyclic) bond motifs is 1. The van der Waals surface area contributed by atoms with Crippen molar-refractivity contribution in [1.29, 1.82) is 0 Å². The van der Waals surface area contributed by atoms with Gasteiger partial charge in [-0.25, -0.2) is 4.98 Å². The molecule has 0 N–H and O–H groups in total. The quantitative estimate of drug-likeness (QED) is 0.700. The number of aryl methyl sites for hydroxylation is 1. The summed E-state index contributed by atoms with van der Waals surface area (Å²) in [5.74, 6) is 2.94. The highest BCUT2D eigenvalue weighted by Crippen LogP contribution is 2.19. The summed E-state index contributed by atoms with van der Waals surface area (Å²) in [6, 6.07) is 8.30. The van der Waals surface area contributed by atoms with Crippen LogP contribution in [-0.2, 0) is 19.6 Å². The van der Waals surface area contributed by atoms with Crippen LogP contribution in [-0.4, -0.2) is 31.6 Å². The molecular weight excluding hydrogens is 290 g/mol. The molecule has 3 rings (SSSR count). The second-order valence-electron chi connectivity index (χ2n) is 6.42. The van der Waals surface area contributed by atoms with Gasteiger partial charge in [-0.1, -0.05) is 31.1 Å². The van der Waals surface area contributed by atoms with E-state index in [4.69, 9.17) is 9.51 Å². The van der Waals surface area contributed by atoms with Crippen molar-refractivity contribution in [2.45, 2.75) is 40.4 Å². The van der Waals surface area contributed by atoms with Crippen LogP contribution in [0.3, 0.4) is 0 Å². The summed E-state index contributed by atoms with van der Waals surface area (Å²) in [6.45, 7) is 8.61. The highest BCUT2D eigenvalue weighted by molar-refractivity contribution is 5.75. The molecule has 0 fully saturated rings. The van der Waals surface area contributed by atoms with E-state index < -0.39 is 0 Å². The SMILES string of the molecule is Cc1nc(CN(C)Cc2nc3ccccc3n2CC(C)C)no1. The molecule has 2 aromatic heterocycles. The maximum Gasteiger partial charge on any atom is 0.223 e. The van der Waals surface area contributed by atoms with Crippen molar-refractivity contribution in [3.8, 4) is 0 Å². The molecule has 6 heteroatoms. The van der Waals surface area contributed by atoms with Crippen LogP contribution in [0.4, 0.5) is 0 Å². The summed E-state index contributed by atoms with van der Waals surface area (Å²) in [4.78, 5) is 11.2. The van der Waals surface area contributed by atoms with Gasteiger partial charge in [0.25, 0.3) is 0 Å². The van der Waals surface area contributed by atoms with Crippen LogP contribution >= 0.6 is 0 Å². The highest BCUT2D eigenvalue weighted by atomic mass is 16.5. The van der Waals surface area contributed by atoms with E-state index in [1.807, 2.05) is 13.1 Å². The lowest BCUT2D eigenvalue weighted by molar-refractivity contribution is 0.288. The van der Waals surface area contributed by atoms with E-state index in [0.717, 1.165) is 24.4 Å². The van der Waals surface area contributed by atoms with Crippen LogP contribution in [0.25, 0.3) is 11.0 Å². The van der Waals surface area contributed by atoms with E-state index in [1.54, 1.807) is 6.92 Å². The van der Waals surface area contributed by atoms with Crippen molar-refractivity contribution in [3.63, 3.8) is 0 Å². The van der Waals surface area contributed by atoms with E-state index in [9.17, 15) is 0 Å². The molecule has 3 aromatic rings. The summed E-state index contributed by atoms with van der Waals surface area (Å²) in [5, 5.41) is 3.96. The van der Waals surface area contributed by atoms with Gasteiger partial charge in [-0.2, -0.15) is 4.98 Å². The van der Waals surface area contributed by atoms with E-state index in [2.05, 4.69) is 51.7 Å². The minimum absolute atomic E-state index is 0.566. The summed E-state index contributed by atoms with van der Waals surface area (Å²) < 4.78 is 7.35. The fourth-order valence-electron chi connectivity index (χ4n) is 2.76. The Kier molecular flexibility index (Phi) is 4.43. The second kappa shape index (κ2) is 6.50. The third-order valence-electron chi connectivity index (χ3n) is 3.67. The fraction of sp³-hybridized carbons (Fsp3) is 0.471. The van der Waals surface area contributed by atoms with Gasteiger partial charge >= 0.3 is 0 Å². The Morgan fingerprint density at radius 2 is 1.96 bits per heavy atom. The summed E-state index contributed by atoms with van der Waals surface area (Å²) >= 11 is 0. The molecule has 0 bridgehead atoms. The van der Waals surface area contributed by atoms with E-state index in [-0.39, 0.29) is 0 Å². The van der Waals surface area contributed by atoms with Crippen molar-refractivity contribution in [3.05, 3.63) is 41.8 Å². The summed E-state index contributed by atoms with van der Waals surface area (Å²) in [6.07, 6.45) is 0. The van der Waals surface area contributed by atoms with Crippen molar-refractivity contribution in [2.75, 3.05) is 7.05 Å². The Morgan fingerprint density at radius 3 is 2.65 bits per heavy atom. The number of hydrogen-bond donors (Lipinski definition) is 0. The first kappa shape index (κ1) is 15.7. The number of benzene rings is 1. The van der Waals surface area contributed by atoms with Crippen LogP contribution in [0, 0.1) is 12.8 Å². The molecule has 0 saturated heterocycles. The molecule has 23 heavy (non-hydrogen) atoms. The zero-order valence-electron chi connectivity index (χ0n) is 14.2. The lowest BCUT2D eigenvalue weighted by atomic mass is 10.2. The first-order chi connectivity index (χ1) is 11.0. The number of rotatable bonds is 6. The van der Waals surface area contributed by atoms with Gasteiger partial charge in [0.15, 0.2) is 5.82 Å². The standard InChI is InChI=1S/C17H23N5O/c1-12(2)9-22-15-8-6-5-7-14(15)19-17(22)11-21(4)10-16-18-13(3)23-20-16/h5-8,12H,9-11H2,1-4H3. The van der Waals surface area contributed by atoms with Crippen LogP contribution in [0.2, 0.25) is 0 Å². The zero-order valence-corrected chi connectivity index (χ0v) is 14.2. The lowest BCUT2D eigenvalue weighted by Crippen LogP contribution is -2.21. The van der Waals surface area contributed by atoms with Crippen LogP contribution in [0.5, 0.6) is 0 Å². The third-order valence-corrected chi connectivity index (χ3v) is 3.67. The van der Waals surface area contributed by atoms with Gasteiger partial charge in [-0.3, -0.25) is 4.90 Å². The molecule has 0 radical (unpaired) electrons. The number of para-hydroxylation sites is 2. The molecule has 0 spiro atoms. The maximum atomic E-state index is 5.03. The molecular formula is C17H23N5O. The van der Waals surface area contributed by atoms with Gasteiger partial charge in [-0.15, -0.1) is 0 Å². The summed E-state index contributed by atoms with van der Waals surface area (Å²) in [7, 11) is 2.05. The topological polar surface area (TPSA) is 60.0 Å². The van der Waals surface area contributed by atoms with E-state index >= 15 is 0 Å². The maximum absolute atomic E-state index is 5.03. The Labute approximate surface area is 136 Å². The highest BCUT2D eigenvalue weighted by Gasteiger charge is 2.14. The molecule has 0 aliphatic heterocycles. The predicted molar refractivity (Wildman–Crippen MR) is 88.8 cm³/mol. The van der Waals surface area contributed by atoms with Gasteiger partial charge in [0.2, 0.25) is 5.89 Å². The number of nitrogens with zero attached hydrogens (tertiary/aromatic N) is 5. The molecule has 2 heterocycles. The lowest BCUT2D eigenvalue weighted by Gasteiger charge is -2.17. The molecule has 122 valence electrons. The first-order valence-electron chi connectivity index (χ1n) is 7.95. The fourth-order valence-corrected chi connectivity index (χ4v) is 2.76. The largest absolute Gasteiger partial charge is 0.340 e. The zero-order chi connectivity index (χ0) is 16.4. The van der Waals surface area contributed by atoms with Gasteiger partial charge in [-0.05, 0) is 25.1 Å². The van der Waals surface area contributed by atoms with Crippen molar-refractivity contribution in [2.24, 2.45) is 5.92 Å². The minimum Gasteiger partial charge on any atom is -0.340 e. The minimum atomic E-state index is 0.566. The molecule has 0 amide bonds. The van der Waals surface area contributed by atoms with Crippen LogP contribution < -0.4 is 0 Å². The first-order valence-corrected chi connectivity index (χ1v) is 7.95. The van der Waals surface area contributed by atoms with Gasteiger partial charge < -0.3 is 9.09 Å². The second-order valence-corrected chi connectivity index (χ2v) is 6.42. The number of hydrogen-bond acceptors (Lipinski definition) is 5. The molecule has 0 saturated carbocycles. The van der Waals surface area contributed by atoms with Crippen LogP contribution in [0.15, 0.2) is 28.8 Å². The molecule has 1 aromatic carbocycles. The van der Waals surface area contributed by atoms with Crippen molar-refractivity contribution < 1.29 is 4.52 Å². The average molecular weight is 313 g/mol. The normalized spacial score (nSPS) is 11.9. The van der Waals surface area contributed by atoms with E-state index in [0.29, 0.717) is 24.2 Å². The van der Waals surface area contributed by atoms with Gasteiger partial charge in [0.05, 0.1) is 24.1 Å². The Balaban J connectivity index is 1.83. The van der Waals surface area contributed by atoms with Gasteiger partial charge in [0, 0.05) is 13.5 Å². The number of aromatic nitrogens is 4. The molecule has 0 unspecified atom stereocenters. The third kappa shape index (κ3) is 3.59. The van der Waals surface area contributed by atoms with Gasteiger partial charge in [0.1, 0.15) is 5.82 Å². The molecule has 0 aliphatic rings. The predicted octanol–water partition coefficient (Wildman–Crippen LogP) is 3.02. The van der Waals surface area contributed by atoms with Crippen molar-refractivity contribution in [1.82, 2.24) is 24.6 Å². The van der Waals surface area contributed by atoms with Crippen molar-refractivity contribution >= 4 is 11.0 Å². The molecule has 0 atom stereocenters. The molecule has 0 aliphatic carbocycles. The Hall–Kier alpha value is -2.21. The monoisotopic (exact) mass is 313 g/mol. The molecule has 6 nitrogen and oxygen atoms in total. The average Bonchev–Trinajstić information content (AvgIpc) is 3.03. The summed E-state index contributed by atoms with van der Waals surface area (Å²) in [5.41, 5.74) is 2.24. The van der Waals surface area contributed by atoms with E-state index in [1.165, 1.54) is 5.52 Å². The van der Waals surface area contributed by atoms with Crippen LogP contribution in [0.1, 0.15) is 31.4 Å². The number of imidazole rings is 1.